The number of hydrogen-bond donors (Lipinski definition) is 4. The van der Waals surface area contributed by atoms with Gasteiger partial charge in [-0.05, 0) is 43.3 Å². The van der Waals surface area contributed by atoms with Gasteiger partial charge in [-0.1, -0.05) is 12.1 Å². The molecular formula is C22H23NO7. The van der Waals surface area contributed by atoms with E-state index in [2.05, 4.69) is 5.32 Å². The molecule has 0 atom stereocenters. The van der Waals surface area contributed by atoms with E-state index >= 15 is 0 Å². The van der Waals surface area contributed by atoms with Crippen molar-refractivity contribution in [2.45, 2.75) is 6.92 Å². The lowest BCUT2D eigenvalue weighted by Gasteiger charge is -2.23. The number of rotatable bonds is 8. The number of ether oxygens (including phenoxy) is 1. The van der Waals surface area contributed by atoms with Crippen LogP contribution in [0.15, 0.2) is 57.7 Å². The average molecular weight is 413 g/mol. The minimum atomic E-state index is -1.24. The molecule has 8 nitrogen and oxygen atoms in total. The first-order valence-corrected chi connectivity index (χ1v) is 9.37. The van der Waals surface area contributed by atoms with Crippen LogP contribution in [0.3, 0.4) is 0 Å². The molecule has 3 aromatic rings. The van der Waals surface area contributed by atoms with Crippen LogP contribution in [0.5, 0.6) is 11.5 Å². The highest BCUT2D eigenvalue weighted by atomic mass is 16.5. The quantitative estimate of drug-likeness (QED) is 0.413. The molecule has 158 valence electrons. The summed E-state index contributed by atoms with van der Waals surface area (Å²) in [6.45, 7) is 0.901. The lowest BCUT2D eigenvalue weighted by molar-refractivity contribution is -0.134. The number of hydrogen-bond acceptors (Lipinski definition) is 7. The van der Waals surface area contributed by atoms with Crippen molar-refractivity contribution in [3.63, 3.8) is 0 Å². The third-order valence-corrected chi connectivity index (χ3v) is 4.79. The van der Waals surface area contributed by atoms with Gasteiger partial charge >= 0.3 is 0 Å². The Morgan fingerprint density at radius 3 is 2.43 bits per heavy atom. The van der Waals surface area contributed by atoms with Crippen molar-refractivity contribution in [1.29, 1.82) is 0 Å². The van der Waals surface area contributed by atoms with Crippen molar-refractivity contribution in [2.75, 3.05) is 26.4 Å². The van der Waals surface area contributed by atoms with Gasteiger partial charge in [0.05, 0.1) is 30.6 Å². The van der Waals surface area contributed by atoms with Gasteiger partial charge in [-0.15, -0.1) is 0 Å². The van der Waals surface area contributed by atoms with Crippen LogP contribution in [0.1, 0.15) is 6.92 Å². The standard InChI is InChI=1S/C22H23NO7/c1-22(12-24,13-25)21(28)23-10-11-29-15-8-6-14(7-9-15)20-19(27)18(26)16-4-2-3-5-17(16)30-20/h2-9,24-25,27H,10-13H2,1H3,(H,23,28). The Kier molecular flexibility index (Phi) is 6.39. The fourth-order valence-corrected chi connectivity index (χ4v) is 2.77. The molecule has 0 fully saturated rings. The van der Waals surface area contributed by atoms with Gasteiger partial charge in [0.15, 0.2) is 5.76 Å². The zero-order chi connectivity index (χ0) is 21.7. The Bertz CT molecular complexity index is 1080. The molecule has 0 aliphatic heterocycles. The third kappa shape index (κ3) is 4.29. The number of benzene rings is 2. The molecule has 1 aromatic heterocycles. The van der Waals surface area contributed by atoms with Crippen molar-refractivity contribution in [2.24, 2.45) is 5.41 Å². The number of aliphatic hydroxyl groups is 2. The van der Waals surface area contributed by atoms with E-state index in [4.69, 9.17) is 9.15 Å². The fraction of sp³-hybridized carbons (Fsp3) is 0.273. The number of para-hydroxylation sites is 1. The third-order valence-electron chi connectivity index (χ3n) is 4.79. The van der Waals surface area contributed by atoms with Crippen molar-refractivity contribution in [3.05, 3.63) is 58.8 Å². The molecule has 8 heteroatoms. The van der Waals surface area contributed by atoms with E-state index in [1.54, 1.807) is 48.5 Å². The van der Waals surface area contributed by atoms with E-state index in [-0.39, 0.29) is 18.9 Å². The monoisotopic (exact) mass is 413 g/mol. The molecule has 1 amide bonds. The zero-order valence-electron chi connectivity index (χ0n) is 16.4. The number of fused-ring (bicyclic) bond motifs is 1. The molecule has 4 N–H and O–H groups in total. The first kappa shape index (κ1) is 21.4. The zero-order valence-corrected chi connectivity index (χ0v) is 16.4. The largest absolute Gasteiger partial charge is 0.502 e. The van der Waals surface area contributed by atoms with E-state index in [1.165, 1.54) is 6.92 Å². The predicted octanol–water partition coefficient (Wildman–Crippen LogP) is 1.65. The molecule has 0 aliphatic rings. The molecule has 0 saturated heterocycles. The van der Waals surface area contributed by atoms with Crippen LogP contribution < -0.4 is 15.5 Å². The molecular weight excluding hydrogens is 390 g/mol. The Labute approximate surface area is 172 Å². The summed E-state index contributed by atoms with van der Waals surface area (Å²) in [5, 5.41) is 31.6. The van der Waals surface area contributed by atoms with Gasteiger partial charge in [0.1, 0.15) is 17.9 Å². The number of nitrogens with one attached hydrogen (secondary N) is 1. The molecule has 0 unspecified atom stereocenters. The first-order chi connectivity index (χ1) is 14.4. The van der Waals surface area contributed by atoms with E-state index < -0.39 is 35.7 Å². The molecule has 0 spiro atoms. The van der Waals surface area contributed by atoms with Crippen LogP contribution in [0, 0.1) is 5.41 Å². The molecule has 2 aromatic carbocycles. The van der Waals surface area contributed by atoms with Gasteiger partial charge in [0, 0.05) is 5.56 Å². The Morgan fingerprint density at radius 1 is 1.10 bits per heavy atom. The normalized spacial score (nSPS) is 11.4. The van der Waals surface area contributed by atoms with Gasteiger partial charge < -0.3 is 29.8 Å². The van der Waals surface area contributed by atoms with Crippen molar-refractivity contribution >= 4 is 16.9 Å². The topological polar surface area (TPSA) is 129 Å². The molecule has 3 rings (SSSR count). The fourth-order valence-electron chi connectivity index (χ4n) is 2.77. The predicted molar refractivity (Wildman–Crippen MR) is 110 cm³/mol. The molecule has 30 heavy (non-hydrogen) atoms. The van der Waals surface area contributed by atoms with Gasteiger partial charge in [-0.25, -0.2) is 0 Å². The summed E-state index contributed by atoms with van der Waals surface area (Å²) in [6, 6.07) is 13.3. The summed E-state index contributed by atoms with van der Waals surface area (Å²) in [6.07, 6.45) is 0. The van der Waals surface area contributed by atoms with Gasteiger partial charge in [-0.3, -0.25) is 9.59 Å². The van der Waals surface area contributed by atoms with E-state index in [0.29, 0.717) is 22.3 Å². The second-order valence-corrected chi connectivity index (χ2v) is 7.11. The van der Waals surface area contributed by atoms with Crippen molar-refractivity contribution in [1.82, 2.24) is 5.32 Å². The summed E-state index contributed by atoms with van der Waals surface area (Å²) in [4.78, 5) is 24.3. The van der Waals surface area contributed by atoms with Crippen LogP contribution in [0.4, 0.5) is 0 Å². The lowest BCUT2D eigenvalue weighted by Crippen LogP contribution is -2.45. The van der Waals surface area contributed by atoms with E-state index in [9.17, 15) is 24.9 Å². The summed E-state index contributed by atoms with van der Waals surface area (Å²) >= 11 is 0. The maximum absolute atomic E-state index is 12.3. The Balaban J connectivity index is 1.65. The minimum Gasteiger partial charge on any atom is -0.502 e. The smallest absolute Gasteiger partial charge is 0.235 e. The maximum atomic E-state index is 12.3. The minimum absolute atomic E-state index is 0.0739. The molecule has 0 aliphatic carbocycles. The van der Waals surface area contributed by atoms with Crippen LogP contribution >= 0.6 is 0 Å². The second-order valence-electron chi connectivity index (χ2n) is 7.11. The average Bonchev–Trinajstić information content (AvgIpc) is 2.79. The van der Waals surface area contributed by atoms with Crippen molar-refractivity contribution in [3.8, 4) is 22.8 Å². The number of carbonyl (C=O) groups excluding carboxylic acids is 1. The number of carbonyl (C=O) groups is 1. The summed E-state index contributed by atoms with van der Waals surface area (Å²) in [7, 11) is 0. The van der Waals surface area contributed by atoms with Gasteiger partial charge in [-0.2, -0.15) is 0 Å². The van der Waals surface area contributed by atoms with Crippen LogP contribution in [-0.2, 0) is 4.79 Å². The summed E-state index contributed by atoms with van der Waals surface area (Å²) in [5.41, 5.74) is -0.851. The first-order valence-electron chi connectivity index (χ1n) is 9.37. The lowest BCUT2D eigenvalue weighted by atomic mass is 9.92. The second kappa shape index (κ2) is 8.98. The van der Waals surface area contributed by atoms with Crippen LogP contribution in [0.2, 0.25) is 0 Å². The van der Waals surface area contributed by atoms with Crippen molar-refractivity contribution < 1.29 is 29.3 Å². The Morgan fingerprint density at radius 2 is 1.77 bits per heavy atom. The number of aliphatic hydroxyl groups excluding tert-OH is 2. The van der Waals surface area contributed by atoms with Gasteiger partial charge in [0.2, 0.25) is 17.1 Å². The highest BCUT2D eigenvalue weighted by molar-refractivity contribution is 5.82. The van der Waals surface area contributed by atoms with Crippen LogP contribution in [-0.4, -0.2) is 47.6 Å². The van der Waals surface area contributed by atoms with E-state index in [0.717, 1.165) is 0 Å². The van der Waals surface area contributed by atoms with E-state index in [1.807, 2.05) is 0 Å². The highest BCUT2D eigenvalue weighted by Crippen LogP contribution is 2.30. The highest BCUT2D eigenvalue weighted by Gasteiger charge is 2.31. The SMILES string of the molecule is CC(CO)(CO)C(=O)NCCOc1ccc(-c2oc3ccccc3c(=O)c2O)cc1. The summed E-state index contributed by atoms with van der Waals surface area (Å²) in [5.74, 6) is -0.332. The molecule has 1 heterocycles. The van der Waals surface area contributed by atoms with Crippen LogP contribution in [0.25, 0.3) is 22.3 Å². The molecule has 0 bridgehead atoms. The Hall–Kier alpha value is -3.36. The van der Waals surface area contributed by atoms with Gasteiger partial charge in [0.25, 0.3) is 0 Å². The molecule has 0 saturated carbocycles. The number of amides is 1. The number of aromatic hydroxyl groups is 1. The summed E-state index contributed by atoms with van der Waals surface area (Å²) < 4.78 is 11.3. The maximum Gasteiger partial charge on any atom is 0.235 e. The molecule has 0 radical (unpaired) electrons.